The van der Waals surface area contributed by atoms with Crippen LogP contribution < -0.4 is 4.74 Å². The summed E-state index contributed by atoms with van der Waals surface area (Å²) in [6.07, 6.45) is 0.505. The summed E-state index contributed by atoms with van der Waals surface area (Å²) in [6.45, 7) is 5.46. The molecule has 0 N–H and O–H groups in total. The monoisotopic (exact) mass is 294 g/mol. The first kappa shape index (κ1) is 15.4. The van der Waals surface area contributed by atoms with Gasteiger partial charge in [-0.3, -0.25) is 19.8 Å². The van der Waals surface area contributed by atoms with Crippen LogP contribution in [0.3, 0.4) is 0 Å². The van der Waals surface area contributed by atoms with Crippen molar-refractivity contribution >= 4 is 12.0 Å². The van der Waals surface area contributed by atoms with Crippen molar-refractivity contribution in [2.45, 2.75) is 13.0 Å². The lowest BCUT2D eigenvalue weighted by molar-refractivity contribution is -0.386. The normalized spacial score (nSPS) is 19.2. The maximum atomic E-state index is 11.0. The van der Waals surface area contributed by atoms with Gasteiger partial charge in [0.1, 0.15) is 19.0 Å². The van der Waals surface area contributed by atoms with Gasteiger partial charge in [-0.1, -0.05) is 6.92 Å². The molecule has 1 aliphatic heterocycles. The summed E-state index contributed by atoms with van der Waals surface area (Å²) in [5.41, 5.74) is 0.194. The Morgan fingerprint density at radius 1 is 1.57 bits per heavy atom. The minimum absolute atomic E-state index is 0.0989. The van der Waals surface area contributed by atoms with Gasteiger partial charge in [0.25, 0.3) is 0 Å². The average molecular weight is 294 g/mol. The smallest absolute Gasteiger partial charge is 0.310 e. The quantitative estimate of drug-likeness (QED) is 0.449. The zero-order valence-electron chi connectivity index (χ0n) is 11.9. The fourth-order valence-corrected chi connectivity index (χ4v) is 2.22. The molecule has 0 radical (unpaired) electrons. The summed E-state index contributed by atoms with van der Waals surface area (Å²) < 4.78 is 11.1. The lowest BCUT2D eigenvalue weighted by Gasteiger charge is -2.31. The number of ether oxygens (including phenoxy) is 2. The maximum absolute atomic E-state index is 11.0. The minimum atomic E-state index is -0.524. The number of carbonyl (C=O) groups is 1. The van der Waals surface area contributed by atoms with Crippen molar-refractivity contribution in [3.05, 3.63) is 33.9 Å². The molecule has 1 unspecified atom stereocenters. The van der Waals surface area contributed by atoms with Crippen LogP contribution in [0.1, 0.15) is 17.3 Å². The predicted octanol–water partition coefficient (Wildman–Crippen LogP) is 1.51. The standard InChI is InChI=1S/C14H18N2O5/c1-2-15-5-6-20-12(8-15)10-21-14-7-11(9-17)3-4-13(14)16(18)19/h3-4,7,9,12H,2,5-6,8,10H2,1H3. The van der Waals surface area contributed by atoms with Gasteiger partial charge in [-0.25, -0.2) is 0 Å². The molecular formula is C14H18N2O5. The topological polar surface area (TPSA) is 81.9 Å². The molecule has 7 heteroatoms. The Morgan fingerprint density at radius 2 is 2.38 bits per heavy atom. The second-order valence-electron chi connectivity index (χ2n) is 4.80. The molecule has 1 atom stereocenters. The van der Waals surface area contributed by atoms with Gasteiger partial charge in [-0.2, -0.15) is 0 Å². The molecule has 1 aliphatic rings. The number of rotatable bonds is 6. The van der Waals surface area contributed by atoms with E-state index in [1.54, 1.807) is 0 Å². The fourth-order valence-electron chi connectivity index (χ4n) is 2.22. The molecular weight excluding hydrogens is 276 g/mol. The fraction of sp³-hybridized carbons (Fsp3) is 0.500. The second-order valence-corrected chi connectivity index (χ2v) is 4.80. The van der Waals surface area contributed by atoms with Crippen LogP contribution >= 0.6 is 0 Å². The number of carbonyl (C=O) groups excluding carboxylic acids is 1. The number of hydrogen-bond acceptors (Lipinski definition) is 6. The summed E-state index contributed by atoms with van der Waals surface area (Å²) >= 11 is 0. The predicted molar refractivity (Wildman–Crippen MR) is 75.8 cm³/mol. The number of nitrogens with zero attached hydrogens (tertiary/aromatic N) is 2. The third kappa shape index (κ3) is 3.99. The Kier molecular flexibility index (Phi) is 5.24. The molecule has 0 aliphatic carbocycles. The Bertz CT molecular complexity index is 520. The van der Waals surface area contributed by atoms with Crippen LogP contribution in [-0.2, 0) is 4.74 Å². The molecule has 7 nitrogen and oxygen atoms in total. The Morgan fingerprint density at radius 3 is 3.05 bits per heavy atom. The minimum Gasteiger partial charge on any atom is -0.484 e. The molecule has 0 spiro atoms. The van der Waals surface area contributed by atoms with E-state index in [1.807, 2.05) is 0 Å². The molecule has 1 saturated heterocycles. The molecule has 0 amide bonds. The highest BCUT2D eigenvalue weighted by Gasteiger charge is 2.22. The first-order chi connectivity index (χ1) is 10.1. The summed E-state index contributed by atoms with van der Waals surface area (Å²) in [6, 6.07) is 4.05. The lowest BCUT2D eigenvalue weighted by Crippen LogP contribution is -2.44. The lowest BCUT2D eigenvalue weighted by atomic mass is 10.2. The van der Waals surface area contributed by atoms with Crippen molar-refractivity contribution in [3.8, 4) is 5.75 Å². The molecule has 1 aromatic carbocycles. The van der Waals surface area contributed by atoms with E-state index >= 15 is 0 Å². The van der Waals surface area contributed by atoms with Crippen molar-refractivity contribution in [1.29, 1.82) is 0 Å². The van der Waals surface area contributed by atoms with Gasteiger partial charge in [-0.05, 0) is 18.7 Å². The van der Waals surface area contributed by atoms with Gasteiger partial charge < -0.3 is 9.47 Å². The van der Waals surface area contributed by atoms with Gasteiger partial charge in [0.05, 0.1) is 11.5 Å². The number of benzene rings is 1. The van der Waals surface area contributed by atoms with E-state index in [0.717, 1.165) is 19.6 Å². The van der Waals surface area contributed by atoms with Crippen LogP contribution in [0.15, 0.2) is 18.2 Å². The largest absolute Gasteiger partial charge is 0.484 e. The molecule has 0 aromatic heterocycles. The van der Waals surface area contributed by atoms with Crippen LogP contribution in [0.2, 0.25) is 0 Å². The van der Waals surface area contributed by atoms with E-state index in [4.69, 9.17) is 9.47 Å². The maximum Gasteiger partial charge on any atom is 0.310 e. The van der Waals surface area contributed by atoms with E-state index in [9.17, 15) is 14.9 Å². The molecule has 0 bridgehead atoms. The van der Waals surface area contributed by atoms with Crippen LogP contribution in [0.25, 0.3) is 0 Å². The molecule has 21 heavy (non-hydrogen) atoms. The van der Waals surface area contributed by atoms with Crippen LogP contribution in [0.5, 0.6) is 5.75 Å². The zero-order valence-corrected chi connectivity index (χ0v) is 11.9. The number of morpholine rings is 1. The number of hydrogen-bond donors (Lipinski definition) is 0. The molecule has 1 aromatic rings. The van der Waals surface area contributed by atoms with E-state index < -0.39 is 4.92 Å². The summed E-state index contributed by atoms with van der Waals surface area (Å²) in [5, 5.41) is 11.0. The van der Waals surface area contributed by atoms with Crippen molar-refractivity contribution in [2.75, 3.05) is 32.8 Å². The number of nitro benzene ring substituents is 1. The molecule has 1 fully saturated rings. The molecule has 2 rings (SSSR count). The van der Waals surface area contributed by atoms with Crippen LogP contribution in [0.4, 0.5) is 5.69 Å². The zero-order chi connectivity index (χ0) is 15.2. The summed E-state index contributed by atoms with van der Waals surface area (Å²) in [7, 11) is 0. The number of likely N-dealkylation sites (N-methyl/N-ethyl adjacent to an activating group) is 1. The highest BCUT2D eigenvalue weighted by molar-refractivity contribution is 5.76. The number of aldehydes is 1. The van der Waals surface area contributed by atoms with Crippen LogP contribution in [-0.4, -0.2) is 55.1 Å². The second kappa shape index (κ2) is 7.14. The summed E-state index contributed by atoms with van der Waals surface area (Å²) in [5.74, 6) is 0.0989. The van der Waals surface area contributed by atoms with E-state index in [0.29, 0.717) is 18.5 Å². The molecule has 0 saturated carbocycles. The first-order valence-electron chi connectivity index (χ1n) is 6.84. The van der Waals surface area contributed by atoms with Gasteiger partial charge in [0, 0.05) is 24.7 Å². The Balaban J connectivity index is 2.04. The van der Waals surface area contributed by atoms with Gasteiger partial charge in [0.15, 0.2) is 5.75 Å². The first-order valence-corrected chi connectivity index (χ1v) is 6.84. The van der Waals surface area contributed by atoms with E-state index in [-0.39, 0.29) is 24.1 Å². The Labute approximate surface area is 122 Å². The summed E-state index contributed by atoms with van der Waals surface area (Å²) in [4.78, 5) is 23.4. The van der Waals surface area contributed by atoms with Crippen molar-refractivity contribution in [3.63, 3.8) is 0 Å². The van der Waals surface area contributed by atoms with Crippen molar-refractivity contribution in [1.82, 2.24) is 4.90 Å². The molecule has 114 valence electrons. The van der Waals surface area contributed by atoms with Gasteiger partial charge >= 0.3 is 5.69 Å². The van der Waals surface area contributed by atoms with Gasteiger partial charge in [0.2, 0.25) is 0 Å². The van der Waals surface area contributed by atoms with Gasteiger partial charge in [-0.15, -0.1) is 0 Å². The van der Waals surface area contributed by atoms with Crippen molar-refractivity contribution in [2.24, 2.45) is 0 Å². The van der Waals surface area contributed by atoms with E-state index in [1.165, 1.54) is 18.2 Å². The Hall–Kier alpha value is -1.99. The van der Waals surface area contributed by atoms with Crippen molar-refractivity contribution < 1.29 is 19.2 Å². The highest BCUT2D eigenvalue weighted by atomic mass is 16.6. The van der Waals surface area contributed by atoms with Crippen LogP contribution in [0, 0.1) is 10.1 Å². The van der Waals surface area contributed by atoms with E-state index in [2.05, 4.69) is 11.8 Å². The SMILES string of the molecule is CCN1CCOC(COc2cc(C=O)ccc2[N+](=O)[O-])C1. The number of nitro groups is 1. The third-order valence-corrected chi connectivity index (χ3v) is 3.41. The molecule has 1 heterocycles. The third-order valence-electron chi connectivity index (χ3n) is 3.41. The average Bonchev–Trinajstić information content (AvgIpc) is 2.52. The highest BCUT2D eigenvalue weighted by Crippen LogP contribution is 2.27.